The van der Waals surface area contributed by atoms with Crippen molar-refractivity contribution in [1.29, 1.82) is 0 Å². The van der Waals surface area contributed by atoms with Gasteiger partial charge in [0.25, 0.3) is 0 Å². The van der Waals surface area contributed by atoms with Crippen LogP contribution in [0.3, 0.4) is 0 Å². The molecule has 138 valence electrons. The molecule has 3 rings (SSSR count). The molecule has 0 aliphatic heterocycles. The number of rotatable bonds is 6. The molecule has 0 unspecified atom stereocenters. The molecule has 0 aromatic heterocycles. The van der Waals surface area contributed by atoms with Crippen LogP contribution < -0.4 is 16.4 Å². The molecule has 0 heterocycles. The van der Waals surface area contributed by atoms with Gasteiger partial charge < -0.3 is 0 Å². The highest BCUT2D eigenvalue weighted by Crippen LogP contribution is 2.14. The Morgan fingerprint density at radius 3 is 1.26 bits per heavy atom. The lowest BCUT2D eigenvalue weighted by atomic mass is 9.37. The van der Waals surface area contributed by atoms with E-state index in [2.05, 4.69) is 61.0 Å². The van der Waals surface area contributed by atoms with Gasteiger partial charge in [0, 0.05) is 16.0 Å². The topological polar surface area (TPSA) is 34.1 Å². The number of sulfone groups is 1. The van der Waals surface area contributed by atoms with Gasteiger partial charge in [0.05, 0.1) is 4.90 Å². The summed E-state index contributed by atoms with van der Waals surface area (Å²) < 4.78 is 23.6. The minimum absolute atomic E-state index is 0.0606. The van der Waals surface area contributed by atoms with Crippen molar-refractivity contribution in [2.24, 2.45) is 0 Å². The summed E-state index contributed by atoms with van der Waals surface area (Å²) in [5.41, 5.74) is 3.46. The summed E-state index contributed by atoms with van der Waals surface area (Å²) in [5.74, 6) is 0. The van der Waals surface area contributed by atoms with Crippen LogP contribution in [0.1, 0.15) is 0 Å². The lowest BCUT2D eigenvalue weighted by Crippen LogP contribution is -2.51. The second-order valence-corrected chi connectivity index (χ2v) is 10.1. The van der Waals surface area contributed by atoms with Gasteiger partial charge in [-0.2, -0.15) is 0 Å². The van der Waals surface area contributed by atoms with E-state index in [0.717, 1.165) is 5.46 Å². The van der Waals surface area contributed by atoms with E-state index < -0.39 is 9.84 Å². The normalized spacial score (nSPS) is 11.4. The molecule has 0 fully saturated rings. The zero-order valence-corrected chi connectivity index (χ0v) is 18.0. The van der Waals surface area contributed by atoms with Crippen LogP contribution in [0.4, 0.5) is 0 Å². The fraction of sp³-hybridized carbons (Fsp3) is 0.143. The summed E-state index contributed by atoms with van der Waals surface area (Å²) in [6.07, 6.45) is 5.37. The first kappa shape index (κ1) is 20.1. The second kappa shape index (κ2) is 8.59. The molecule has 0 N–H and O–H groups in total. The van der Waals surface area contributed by atoms with Crippen LogP contribution in [0, 0.1) is 0 Å². The van der Waals surface area contributed by atoms with Crippen molar-refractivity contribution >= 4 is 56.5 Å². The Morgan fingerprint density at radius 1 is 0.630 bits per heavy atom. The van der Waals surface area contributed by atoms with E-state index in [1.165, 1.54) is 27.0 Å². The molecule has 0 saturated heterocycles. The Labute approximate surface area is 170 Å². The van der Waals surface area contributed by atoms with Crippen molar-refractivity contribution in [1.82, 2.24) is 0 Å². The van der Waals surface area contributed by atoms with Crippen LogP contribution >= 0.6 is 23.5 Å². The molecule has 0 bridgehead atoms. The average molecular weight is 412 g/mol. The minimum Gasteiger partial charge on any atom is -0.224 e. The quantitative estimate of drug-likeness (QED) is 0.461. The maximum atomic E-state index is 11.8. The Balaban J connectivity index is 2.08. The van der Waals surface area contributed by atoms with Gasteiger partial charge in [-0.3, -0.25) is 0 Å². The summed E-state index contributed by atoms with van der Waals surface area (Å²) >= 11 is 3.44. The molecule has 0 atom stereocenters. The molecule has 3 aromatic rings. The minimum atomic E-state index is -3.20. The van der Waals surface area contributed by atoms with E-state index in [1.807, 2.05) is 12.1 Å². The standard InChI is InChI=1S/C21H21BO2S3/c1-25-19-10-4-16(5-11-19)22(17-6-12-20(26-2)13-7-17)18-8-14-21(15-9-18)27(3,23)24/h4-15H,1-3H3. The summed E-state index contributed by atoms with van der Waals surface area (Å²) in [6.45, 7) is 0.0606. The van der Waals surface area contributed by atoms with E-state index in [0.29, 0.717) is 4.90 Å². The molecular formula is C21H21BO2S3. The van der Waals surface area contributed by atoms with E-state index in [1.54, 1.807) is 35.7 Å². The predicted octanol–water partition coefficient (Wildman–Crippen LogP) is 3.05. The molecular weight excluding hydrogens is 391 g/mol. The molecule has 0 radical (unpaired) electrons. The largest absolute Gasteiger partial charge is 0.241 e. The predicted molar refractivity (Wildman–Crippen MR) is 121 cm³/mol. The van der Waals surface area contributed by atoms with Gasteiger partial charge in [-0.15, -0.1) is 23.5 Å². The van der Waals surface area contributed by atoms with Crippen molar-refractivity contribution in [3.63, 3.8) is 0 Å². The van der Waals surface area contributed by atoms with Gasteiger partial charge in [-0.1, -0.05) is 52.8 Å². The van der Waals surface area contributed by atoms with Gasteiger partial charge >= 0.3 is 0 Å². The van der Waals surface area contributed by atoms with Crippen molar-refractivity contribution in [3.8, 4) is 0 Å². The Hall–Kier alpha value is -1.63. The number of hydrogen-bond donors (Lipinski definition) is 0. The first-order chi connectivity index (χ1) is 12.9. The maximum absolute atomic E-state index is 11.8. The van der Waals surface area contributed by atoms with Crippen LogP contribution in [0.25, 0.3) is 0 Å². The van der Waals surface area contributed by atoms with Crippen molar-refractivity contribution in [2.45, 2.75) is 14.7 Å². The van der Waals surface area contributed by atoms with Crippen molar-refractivity contribution in [2.75, 3.05) is 18.8 Å². The number of thioether (sulfide) groups is 2. The first-order valence-electron chi connectivity index (χ1n) is 8.50. The van der Waals surface area contributed by atoms with Gasteiger partial charge in [-0.05, 0) is 48.9 Å². The molecule has 0 aliphatic carbocycles. The first-order valence-corrected chi connectivity index (χ1v) is 12.8. The molecule has 0 amide bonds. The molecule has 0 aliphatic rings. The lowest BCUT2D eigenvalue weighted by Gasteiger charge is -2.17. The van der Waals surface area contributed by atoms with Crippen LogP contribution in [-0.2, 0) is 9.84 Å². The third-order valence-electron chi connectivity index (χ3n) is 4.54. The zero-order valence-electron chi connectivity index (χ0n) is 15.5. The van der Waals surface area contributed by atoms with Gasteiger partial charge in [0.15, 0.2) is 9.84 Å². The fourth-order valence-corrected chi connectivity index (χ4v) is 4.52. The van der Waals surface area contributed by atoms with Crippen LogP contribution in [0.5, 0.6) is 0 Å². The third kappa shape index (κ3) is 4.81. The van der Waals surface area contributed by atoms with Crippen LogP contribution in [0.15, 0.2) is 87.5 Å². The van der Waals surface area contributed by atoms with E-state index >= 15 is 0 Å². The van der Waals surface area contributed by atoms with Gasteiger partial charge in [0.2, 0.25) is 6.71 Å². The Morgan fingerprint density at radius 2 is 0.963 bits per heavy atom. The number of benzene rings is 3. The highest BCUT2D eigenvalue weighted by atomic mass is 32.2. The van der Waals surface area contributed by atoms with E-state index in [9.17, 15) is 8.42 Å². The number of hydrogen-bond acceptors (Lipinski definition) is 4. The van der Waals surface area contributed by atoms with Crippen LogP contribution in [0.2, 0.25) is 0 Å². The maximum Gasteiger partial charge on any atom is 0.241 e. The fourth-order valence-electron chi connectivity index (χ4n) is 3.08. The summed E-state index contributed by atoms with van der Waals surface area (Å²) in [4.78, 5) is 2.80. The molecule has 2 nitrogen and oxygen atoms in total. The van der Waals surface area contributed by atoms with E-state index in [4.69, 9.17) is 0 Å². The summed E-state index contributed by atoms with van der Waals surface area (Å²) in [6, 6.07) is 24.4. The molecule has 6 heteroatoms. The zero-order chi connectivity index (χ0) is 19.4. The summed E-state index contributed by atoms with van der Waals surface area (Å²) in [5, 5.41) is 0. The molecule has 27 heavy (non-hydrogen) atoms. The van der Waals surface area contributed by atoms with Crippen molar-refractivity contribution in [3.05, 3.63) is 72.8 Å². The van der Waals surface area contributed by atoms with Gasteiger partial charge in [0.1, 0.15) is 0 Å². The van der Waals surface area contributed by atoms with Crippen molar-refractivity contribution < 1.29 is 8.42 Å². The second-order valence-electron chi connectivity index (χ2n) is 6.32. The molecule has 3 aromatic carbocycles. The molecule has 0 spiro atoms. The van der Waals surface area contributed by atoms with Crippen LogP contribution in [-0.4, -0.2) is 33.9 Å². The monoisotopic (exact) mass is 412 g/mol. The Bertz CT molecular complexity index is 949. The SMILES string of the molecule is CSc1ccc(B(c2ccc(SC)cc2)c2ccc(S(C)(=O)=O)cc2)cc1. The average Bonchev–Trinajstić information content (AvgIpc) is 2.69. The Kier molecular flexibility index (Phi) is 6.40. The lowest BCUT2D eigenvalue weighted by molar-refractivity contribution is 0.602. The van der Waals surface area contributed by atoms with E-state index in [-0.39, 0.29) is 6.71 Å². The summed E-state index contributed by atoms with van der Waals surface area (Å²) in [7, 11) is -3.20. The highest BCUT2D eigenvalue weighted by Gasteiger charge is 2.22. The van der Waals surface area contributed by atoms with Gasteiger partial charge in [-0.25, -0.2) is 8.42 Å². The highest BCUT2D eigenvalue weighted by molar-refractivity contribution is 7.98. The molecule has 0 saturated carbocycles. The smallest absolute Gasteiger partial charge is 0.224 e. The third-order valence-corrected chi connectivity index (χ3v) is 7.16.